The number of benzene rings is 3. The molecule has 0 fully saturated rings. The summed E-state index contributed by atoms with van der Waals surface area (Å²) in [6.07, 6.45) is 0. The van der Waals surface area contributed by atoms with Gasteiger partial charge in [-0.1, -0.05) is 66.7 Å². The third-order valence-corrected chi connectivity index (χ3v) is 6.47. The van der Waals surface area contributed by atoms with E-state index in [9.17, 15) is 14.4 Å². The molecule has 5 rings (SSSR count). The second kappa shape index (κ2) is 8.30. The lowest BCUT2D eigenvalue weighted by Gasteiger charge is -2.38. The maximum absolute atomic E-state index is 13.6. The van der Waals surface area contributed by atoms with E-state index >= 15 is 0 Å². The highest BCUT2D eigenvalue weighted by Crippen LogP contribution is 2.51. The minimum atomic E-state index is -1.34. The zero-order valence-corrected chi connectivity index (χ0v) is 18.9. The molecule has 0 amide bonds. The van der Waals surface area contributed by atoms with Gasteiger partial charge in [0.15, 0.2) is 0 Å². The molecule has 3 aromatic carbocycles. The molecule has 2 heterocycles. The minimum absolute atomic E-state index is 0.0616. The number of esters is 2. The van der Waals surface area contributed by atoms with Crippen LogP contribution in [0, 0.1) is 0 Å². The number of carbonyl (C=O) groups is 3. The van der Waals surface area contributed by atoms with Gasteiger partial charge in [-0.05, 0) is 37.6 Å². The highest BCUT2D eigenvalue weighted by atomic mass is 16.6. The van der Waals surface area contributed by atoms with Crippen molar-refractivity contribution in [3.8, 4) is 5.88 Å². The van der Waals surface area contributed by atoms with Gasteiger partial charge < -0.3 is 9.47 Å². The second-order valence-electron chi connectivity index (χ2n) is 8.39. The summed E-state index contributed by atoms with van der Waals surface area (Å²) in [5.41, 5.74) is 0.761. The topological polar surface area (TPSA) is 74.6 Å². The van der Waals surface area contributed by atoms with Crippen LogP contribution in [0.5, 0.6) is 5.88 Å². The standard InChI is InChI=1S/C28H23NO5/c1-3-33-26(31)23-22-20-16-10-11-17-21(20)29(24(30)18-12-6-4-7-13-18)25(22)34-27(32)28(23,2)19-14-8-5-9-15-19/h4-17,23H,3H2,1-2H3/t23-,28-/m1/s1. The number of ether oxygens (including phenoxy) is 2. The Morgan fingerprint density at radius 3 is 2.24 bits per heavy atom. The van der Waals surface area contributed by atoms with Crippen LogP contribution in [0.4, 0.5) is 0 Å². The molecule has 0 bridgehead atoms. The first kappa shape index (κ1) is 21.6. The molecule has 1 aliphatic rings. The quantitative estimate of drug-likeness (QED) is 0.413. The van der Waals surface area contributed by atoms with Crippen LogP contribution < -0.4 is 4.74 Å². The van der Waals surface area contributed by atoms with Gasteiger partial charge in [0.1, 0.15) is 11.3 Å². The van der Waals surface area contributed by atoms with E-state index in [-0.39, 0.29) is 18.4 Å². The predicted molar refractivity (Wildman–Crippen MR) is 127 cm³/mol. The van der Waals surface area contributed by atoms with E-state index in [4.69, 9.17) is 9.47 Å². The molecule has 0 aliphatic carbocycles. The number of nitrogens with zero attached hydrogens (tertiary/aromatic N) is 1. The number of rotatable bonds is 4. The Morgan fingerprint density at radius 1 is 0.941 bits per heavy atom. The maximum atomic E-state index is 13.6. The fourth-order valence-corrected chi connectivity index (χ4v) is 4.78. The Balaban J connectivity index is 1.83. The van der Waals surface area contributed by atoms with Crippen molar-refractivity contribution in [1.82, 2.24) is 4.57 Å². The first-order chi connectivity index (χ1) is 16.5. The zero-order valence-electron chi connectivity index (χ0n) is 18.9. The van der Waals surface area contributed by atoms with E-state index in [1.807, 2.05) is 36.4 Å². The van der Waals surface area contributed by atoms with E-state index < -0.39 is 23.3 Å². The molecule has 1 aromatic heterocycles. The molecule has 2 atom stereocenters. The van der Waals surface area contributed by atoms with Crippen LogP contribution in [0.1, 0.15) is 41.3 Å². The van der Waals surface area contributed by atoms with Crippen LogP contribution in [-0.2, 0) is 19.7 Å². The number of carbonyl (C=O) groups excluding carboxylic acids is 3. The van der Waals surface area contributed by atoms with Crippen LogP contribution in [0.15, 0.2) is 84.9 Å². The summed E-state index contributed by atoms with van der Waals surface area (Å²) in [5, 5.41) is 0.662. The molecule has 6 nitrogen and oxygen atoms in total. The van der Waals surface area contributed by atoms with Crippen molar-refractivity contribution in [1.29, 1.82) is 0 Å². The fourth-order valence-electron chi connectivity index (χ4n) is 4.78. The third kappa shape index (κ3) is 3.14. The van der Waals surface area contributed by atoms with Gasteiger partial charge in [-0.15, -0.1) is 0 Å². The van der Waals surface area contributed by atoms with Gasteiger partial charge in [0.2, 0.25) is 5.88 Å². The Bertz CT molecular complexity index is 1410. The van der Waals surface area contributed by atoms with Crippen molar-refractivity contribution in [3.63, 3.8) is 0 Å². The lowest BCUT2D eigenvalue weighted by molar-refractivity contribution is -0.155. The summed E-state index contributed by atoms with van der Waals surface area (Å²) in [6, 6.07) is 25.1. The lowest BCUT2D eigenvalue weighted by Crippen LogP contribution is -2.48. The average molecular weight is 453 g/mol. The van der Waals surface area contributed by atoms with Crippen molar-refractivity contribution in [2.75, 3.05) is 6.61 Å². The number of para-hydroxylation sites is 1. The van der Waals surface area contributed by atoms with Crippen LogP contribution in [-0.4, -0.2) is 29.0 Å². The summed E-state index contributed by atoms with van der Waals surface area (Å²) < 4.78 is 12.8. The van der Waals surface area contributed by atoms with Crippen molar-refractivity contribution >= 4 is 28.7 Å². The molecule has 0 unspecified atom stereocenters. The Kier molecular flexibility index (Phi) is 5.28. The lowest BCUT2D eigenvalue weighted by atomic mass is 9.67. The van der Waals surface area contributed by atoms with Crippen molar-refractivity contribution in [3.05, 3.63) is 102 Å². The highest BCUT2D eigenvalue weighted by Gasteiger charge is 2.56. The van der Waals surface area contributed by atoms with Gasteiger partial charge in [0.05, 0.1) is 12.1 Å². The smallest absolute Gasteiger partial charge is 0.324 e. The number of hydrogen-bond donors (Lipinski definition) is 0. The van der Waals surface area contributed by atoms with Gasteiger partial charge in [-0.3, -0.25) is 14.4 Å². The van der Waals surface area contributed by atoms with Crippen LogP contribution in [0.25, 0.3) is 10.9 Å². The summed E-state index contributed by atoms with van der Waals surface area (Å²) in [6.45, 7) is 3.58. The first-order valence-corrected chi connectivity index (χ1v) is 11.2. The molecule has 6 heteroatoms. The number of aromatic nitrogens is 1. The molecular formula is C28H23NO5. The zero-order chi connectivity index (χ0) is 23.9. The first-order valence-electron chi connectivity index (χ1n) is 11.2. The molecule has 0 N–H and O–H groups in total. The normalized spacial score (nSPS) is 19.4. The minimum Gasteiger partial charge on any atom is -0.465 e. The van der Waals surface area contributed by atoms with E-state index in [1.165, 1.54) is 4.57 Å². The van der Waals surface area contributed by atoms with Crippen LogP contribution in [0.2, 0.25) is 0 Å². The van der Waals surface area contributed by atoms with Gasteiger partial charge in [-0.25, -0.2) is 4.57 Å². The number of hydrogen-bond acceptors (Lipinski definition) is 5. The summed E-state index contributed by atoms with van der Waals surface area (Å²) in [5.74, 6) is -2.44. The van der Waals surface area contributed by atoms with Crippen LogP contribution >= 0.6 is 0 Å². The van der Waals surface area contributed by atoms with E-state index in [1.54, 1.807) is 62.4 Å². The van der Waals surface area contributed by atoms with Crippen molar-refractivity contribution in [2.45, 2.75) is 25.2 Å². The summed E-state index contributed by atoms with van der Waals surface area (Å²) in [4.78, 5) is 40.7. The largest absolute Gasteiger partial charge is 0.465 e. The fraction of sp³-hybridized carbons (Fsp3) is 0.179. The molecule has 0 saturated carbocycles. The molecule has 0 spiro atoms. The van der Waals surface area contributed by atoms with Crippen LogP contribution in [0.3, 0.4) is 0 Å². The molecule has 1 aliphatic heterocycles. The molecule has 170 valence electrons. The second-order valence-corrected chi connectivity index (χ2v) is 8.39. The molecule has 0 saturated heterocycles. The van der Waals surface area contributed by atoms with Gasteiger partial charge in [0.25, 0.3) is 5.91 Å². The predicted octanol–water partition coefficient (Wildman–Crippen LogP) is 4.85. The monoisotopic (exact) mass is 453 g/mol. The van der Waals surface area contributed by atoms with Gasteiger partial charge >= 0.3 is 11.9 Å². The molecule has 0 radical (unpaired) electrons. The third-order valence-electron chi connectivity index (χ3n) is 6.47. The highest BCUT2D eigenvalue weighted by molar-refractivity contribution is 6.09. The van der Waals surface area contributed by atoms with Gasteiger partial charge in [-0.2, -0.15) is 0 Å². The maximum Gasteiger partial charge on any atom is 0.324 e. The molecular weight excluding hydrogens is 430 g/mol. The molecule has 4 aromatic rings. The Morgan fingerprint density at radius 2 is 1.56 bits per heavy atom. The van der Waals surface area contributed by atoms with E-state index in [2.05, 4.69) is 0 Å². The van der Waals surface area contributed by atoms with Crippen molar-refractivity contribution < 1.29 is 23.9 Å². The van der Waals surface area contributed by atoms with Gasteiger partial charge in [0, 0.05) is 16.5 Å². The summed E-state index contributed by atoms with van der Waals surface area (Å²) in [7, 11) is 0. The van der Waals surface area contributed by atoms with E-state index in [0.717, 1.165) is 0 Å². The van der Waals surface area contributed by atoms with Crippen molar-refractivity contribution in [2.24, 2.45) is 0 Å². The average Bonchev–Trinajstić information content (AvgIpc) is 3.18. The Labute approximate surface area is 196 Å². The SMILES string of the molecule is CCOC(=O)[C@H]1c2c(n(C(=O)c3ccccc3)c3ccccc23)OC(=O)[C@]1(C)c1ccccc1. The molecule has 34 heavy (non-hydrogen) atoms. The van der Waals surface area contributed by atoms with E-state index in [0.29, 0.717) is 27.6 Å². The summed E-state index contributed by atoms with van der Waals surface area (Å²) >= 11 is 0. The Hall–Kier alpha value is -4.19. The number of fused-ring (bicyclic) bond motifs is 3.